The van der Waals surface area contributed by atoms with Gasteiger partial charge < -0.3 is 10.3 Å². The second kappa shape index (κ2) is 6.40. The highest BCUT2D eigenvalue weighted by molar-refractivity contribution is 7.99. The topological polar surface area (TPSA) is 56.7 Å². The minimum Gasteiger partial charge on any atom is -0.329 e. The van der Waals surface area contributed by atoms with Crippen molar-refractivity contribution in [1.29, 1.82) is 0 Å². The standard InChI is InChI=1S/C12H24N4S/c1-10-14-15-11(16(10)8-7-13)17-9-5-6-12(2,3)4/h5-9,13H2,1-4H3. The number of aromatic nitrogens is 3. The summed E-state index contributed by atoms with van der Waals surface area (Å²) in [5.41, 5.74) is 6.00. The third-order valence-electron chi connectivity index (χ3n) is 2.56. The van der Waals surface area contributed by atoms with Gasteiger partial charge in [-0.25, -0.2) is 0 Å². The molecule has 17 heavy (non-hydrogen) atoms. The van der Waals surface area contributed by atoms with Crippen LogP contribution in [0.3, 0.4) is 0 Å². The summed E-state index contributed by atoms with van der Waals surface area (Å²) in [5, 5.41) is 9.29. The highest BCUT2D eigenvalue weighted by Crippen LogP contribution is 2.24. The second-order valence-electron chi connectivity index (χ2n) is 5.48. The lowest BCUT2D eigenvalue weighted by Crippen LogP contribution is -2.12. The molecule has 0 aliphatic carbocycles. The first-order chi connectivity index (χ1) is 7.94. The van der Waals surface area contributed by atoms with Crippen molar-refractivity contribution in [3.05, 3.63) is 5.82 Å². The van der Waals surface area contributed by atoms with Crippen LogP contribution in [-0.4, -0.2) is 27.1 Å². The minimum atomic E-state index is 0.418. The quantitative estimate of drug-likeness (QED) is 0.627. The van der Waals surface area contributed by atoms with E-state index in [2.05, 4.69) is 35.5 Å². The molecule has 0 atom stereocenters. The molecule has 0 spiro atoms. The minimum absolute atomic E-state index is 0.418. The van der Waals surface area contributed by atoms with Gasteiger partial charge in [0.2, 0.25) is 0 Å². The zero-order valence-corrected chi connectivity index (χ0v) is 12.2. The van der Waals surface area contributed by atoms with Crippen LogP contribution in [0.15, 0.2) is 5.16 Å². The Morgan fingerprint density at radius 3 is 2.59 bits per heavy atom. The third-order valence-corrected chi connectivity index (χ3v) is 3.61. The van der Waals surface area contributed by atoms with Gasteiger partial charge in [-0.3, -0.25) is 0 Å². The molecule has 0 bridgehead atoms. The van der Waals surface area contributed by atoms with Gasteiger partial charge in [0, 0.05) is 18.8 Å². The molecule has 0 saturated carbocycles. The van der Waals surface area contributed by atoms with Gasteiger partial charge in [-0.05, 0) is 25.2 Å². The Bertz CT molecular complexity index is 341. The molecule has 0 aliphatic heterocycles. The Balaban J connectivity index is 2.41. The molecule has 1 heterocycles. The zero-order chi connectivity index (χ0) is 12.9. The summed E-state index contributed by atoms with van der Waals surface area (Å²) in [6.45, 7) is 10.2. The molecular weight excluding hydrogens is 232 g/mol. The molecule has 0 aromatic carbocycles. The van der Waals surface area contributed by atoms with Crippen LogP contribution in [0, 0.1) is 12.3 Å². The number of rotatable bonds is 6. The van der Waals surface area contributed by atoms with Crippen molar-refractivity contribution in [3.8, 4) is 0 Å². The van der Waals surface area contributed by atoms with Crippen molar-refractivity contribution in [2.24, 2.45) is 11.1 Å². The molecular formula is C12H24N4S. The fourth-order valence-corrected chi connectivity index (χ4v) is 2.57. The lowest BCUT2D eigenvalue weighted by molar-refractivity contribution is 0.374. The molecule has 1 rings (SSSR count). The van der Waals surface area contributed by atoms with Crippen LogP contribution in [0.1, 0.15) is 39.4 Å². The van der Waals surface area contributed by atoms with Gasteiger partial charge in [0.25, 0.3) is 0 Å². The summed E-state index contributed by atoms with van der Waals surface area (Å²) in [7, 11) is 0. The maximum Gasteiger partial charge on any atom is 0.191 e. The molecule has 0 amide bonds. The Hall–Kier alpha value is -0.550. The van der Waals surface area contributed by atoms with Crippen LogP contribution >= 0.6 is 11.8 Å². The summed E-state index contributed by atoms with van der Waals surface area (Å²) in [4.78, 5) is 0. The van der Waals surface area contributed by atoms with E-state index in [-0.39, 0.29) is 0 Å². The fraction of sp³-hybridized carbons (Fsp3) is 0.833. The first-order valence-electron chi connectivity index (χ1n) is 6.17. The predicted molar refractivity (Wildman–Crippen MR) is 73.2 cm³/mol. The van der Waals surface area contributed by atoms with Crippen LogP contribution in [0.4, 0.5) is 0 Å². The Morgan fingerprint density at radius 1 is 1.29 bits per heavy atom. The lowest BCUT2D eigenvalue weighted by atomic mass is 9.91. The monoisotopic (exact) mass is 256 g/mol. The molecule has 0 radical (unpaired) electrons. The van der Waals surface area contributed by atoms with Gasteiger partial charge in [-0.15, -0.1) is 10.2 Å². The van der Waals surface area contributed by atoms with E-state index in [4.69, 9.17) is 5.73 Å². The van der Waals surface area contributed by atoms with Gasteiger partial charge in [0.15, 0.2) is 5.16 Å². The van der Waals surface area contributed by atoms with E-state index in [9.17, 15) is 0 Å². The first kappa shape index (κ1) is 14.5. The molecule has 4 nitrogen and oxygen atoms in total. The molecule has 0 unspecified atom stereocenters. The molecule has 2 N–H and O–H groups in total. The Kier molecular flexibility index (Phi) is 5.46. The van der Waals surface area contributed by atoms with Gasteiger partial charge in [0.05, 0.1) is 0 Å². The number of aryl methyl sites for hydroxylation is 1. The van der Waals surface area contributed by atoms with Gasteiger partial charge in [0.1, 0.15) is 5.82 Å². The SMILES string of the molecule is Cc1nnc(SCCCC(C)(C)C)n1CCN. The zero-order valence-electron chi connectivity index (χ0n) is 11.4. The average Bonchev–Trinajstić information content (AvgIpc) is 2.55. The van der Waals surface area contributed by atoms with E-state index in [1.54, 1.807) is 11.8 Å². The predicted octanol–water partition coefficient (Wildman–Crippen LogP) is 2.46. The second-order valence-corrected chi connectivity index (χ2v) is 6.54. The van der Waals surface area contributed by atoms with Crippen LogP contribution in [0.25, 0.3) is 0 Å². The number of hydrogen-bond acceptors (Lipinski definition) is 4. The summed E-state index contributed by atoms with van der Waals surface area (Å²) in [5.74, 6) is 2.05. The number of thioether (sulfide) groups is 1. The molecule has 98 valence electrons. The van der Waals surface area contributed by atoms with E-state index >= 15 is 0 Å². The Labute approximate surface area is 108 Å². The summed E-state index contributed by atoms with van der Waals surface area (Å²) in [6, 6.07) is 0. The summed E-state index contributed by atoms with van der Waals surface area (Å²) in [6.07, 6.45) is 2.45. The van der Waals surface area contributed by atoms with Crippen LogP contribution in [0.5, 0.6) is 0 Å². The van der Waals surface area contributed by atoms with Crippen molar-refractivity contribution in [2.45, 2.75) is 52.2 Å². The van der Waals surface area contributed by atoms with Crippen molar-refractivity contribution in [2.75, 3.05) is 12.3 Å². The first-order valence-corrected chi connectivity index (χ1v) is 7.15. The maximum absolute atomic E-state index is 5.58. The molecule has 0 aliphatic rings. The van der Waals surface area contributed by atoms with E-state index in [1.807, 2.05) is 6.92 Å². The largest absolute Gasteiger partial charge is 0.329 e. The van der Waals surface area contributed by atoms with E-state index in [0.29, 0.717) is 12.0 Å². The molecule has 1 aromatic heterocycles. The summed E-state index contributed by atoms with van der Waals surface area (Å²) < 4.78 is 2.10. The maximum atomic E-state index is 5.58. The molecule has 0 fully saturated rings. The van der Waals surface area contributed by atoms with E-state index in [1.165, 1.54) is 12.8 Å². The van der Waals surface area contributed by atoms with Crippen LogP contribution in [0.2, 0.25) is 0 Å². The number of nitrogens with zero attached hydrogens (tertiary/aromatic N) is 3. The normalized spacial score (nSPS) is 12.1. The van der Waals surface area contributed by atoms with Crippen LogP contribution in [-0.2, 0) is 6.54 Å². The smallest absolute Gasteiger partial charge is 0.191 e. The lowest BCUT2D eigenvalue weighted by Gasteiger charge is -2.17. The van der Waals surface area contributed by atoms with Crippen molar-refractivity contribution in [3.63, 3.8) is 0 Å². The van der Waals surface area contributed by atoms with Crippen molar-refractivity contribution >= 4 is 11.8 Å². The average molecular weight is 256 g/mol. The number of hydrogen-bond donors (Lipinski definition) is 1. The highest BCUT2D eigenvalue weighted by atomic mass is 32.2. The van der Waals surface area contributed by atoms with Gasteiger partial charge in [-0.1, -0.05) is 32.5 Å². The highest BCUT2D eigenvalue weighted by Gasteiger charge is 2.11. The number of nitrogens with two attached hydrogens (primary N) is 1. The van der Waals surface area contributed by atoms with Crippen LogP contribution < -0.4 is 5.73 Å². The fourth-order valence-electron chi connectivity index (χ4n) is 1.62. The van der Waals surface area contributed by atoms with Crippen molar-refractivity contribution < 1.29 is 0 Å². The van der Waals surface area contributed by atoms with Gasteiger partial charge >= 0.3 is 0 Å². The molecule has 1 aromatic rings. The van der Waals surface area contributed by atoms with E-state index < -0.39 is 0 Å². The Morgan fingerprint density at radius 2 is 2.00 bits per heavy atom. The van der Waals surface area contributed by atoms with Gasteiger partial charge in [-0.2, -0.15) is 0 Å². The third kappa shape index (κ3) is 5.08. The summed E-state index contributed by atoms with van der Waals surface area (Å²) >= 11 is 1.78. The van der Waals surface area contributed by atoms with E-state index in [0.717, 1.165) is 23.3 Å². The molecule has 0 saturated heterocycles. The molecule has 5 heteroatoms. The van der Waals surface area contributed by atoms with Crippen molar-refractivity contribution in [1.82, 2.24) is 14.8 Å².